The van der Waals surface area contributed by atoms with Crippen LogP contribution < -0.4 is 61.0 Å². The number of rotatable bonds is 27. The summed E-state index contributed by atoms with van der Waals surface area (Å²) in [7, 11) is 0. The minimum atomic E-state index is -5.08. The molecule has 2 aromatic heterocycles. The van der Waals surface area contributed by atoms with E-state index >= 15 is 0 Å². The van der Waals surface area contributed by atoms with Crippen LogP contribution in [0.3, 0.4) is 0 Å². The second-order valence-corrected chi connectivity index (χ2v) is 25.8. The Morgan fingerprint density at radius 1 is 0.554 bits per heavy atom. The topological polar surface area (TPSA) is 652 Å². The van der Waals surface area contributed by atoms with Gasteiger partial charge < -0.3 is 117 Å². The number of aliphatic carboxylic acids is 4. The predicted molar refractivity (Wildman–Crippen MR) is 390 cm³/mol. The molecule has 4 aliphatic rings. The lowest BCUT2D eigenvalue weighted by atomic mass is 9.83. The molecule has 10 rings (SSSR count). The number of amides is 3. The zero-order valence-electron chi connectivity index (χ0n) is 62.0. The summed E-state index contributed by atoms with van der Waals surface area (Å²) in [4.78, 5) is 99.2. The number of para-hydroxylation sites is 1. The van der Waals surface area contributed by atoms with Crippen molar-refractivity contribution in [3.8, 4) is 11.1 Å². The smallest absolute Gasteiger partial charge is 0.475 e. The molecule has 2 aliphatic heterocycles. The molecule has 3 fully saturated rings. The number of H-pyrrole nitrogens is 1. The van der Waals surface area contributed by atoms with E-state index in [1.165, 1.54) is 10.9 Å². The van der Waals surface area contributed by atoms with Crippen LogP contribution in [0, 0.1) is 0 Å². The number of aromatic nitrogens is 4. The largest absolute Gasteiger partial charge is 0.490 e. The standard InChI is InChI=1S/C60H77N19O14.4C2HF3O2/c61-71-27-65-23-45-49(81)51(83)52(84)59(90-45)93-55-42(69-29-73-63)20-41(68-28-72-62)54(53(55)85)92-58-50(82)47(70-30-74-64)48(80)46(91-58)25-79-24-33(77-78-79)19-44(76-60(88)89-26-39-37-15-6-4-13-35(37)36-14-5-7-16-38(36)39)57(87)75-43(56(86)67-21-31-10-2-1-3-11-31)18-32-22-66-40-17-9-8-12-34(32)40;4*3-2(4,5)1(6)7/h1-17,22,24,27-30,39,41-55,58-59,66,80-85H,18-21,23,25-26,61-64H2,(H,65,71)(H,67,86)(H,68,72)(H,69,73)(H,70,74)(H,75,87)(H,76,88);4*(H,6,7)/t41-,42-,43?,44?,45-,46+,47+,48+,49-,50+,51+,52-,53+,54-,55+,58+,59-;;;;/m0..../s1. The van der Waals surface area contributed by atoms with Gasteiger partial charge in [-0.1, -0.05) is 102 Å². The lowest BCUT2D eigenvalue weighted by molar-refractivity contribution is -0.331. The number of nitrogens with two attached hydrogens (primary N) is 4. The summed E-state index contributed by atoms with van der Waals surface area (Å²) < 4.78 is 159. The molecule has 0 radical (unpaired) electrons. The van der Waals surface area contributed by atoms with Crippen LogP contribution in [0.2, 0.25) is 0 Å². The van der Waals surface area contributed by atoms with Crippen molar-refractivity contribution in [1.82, 2.24) is 57.6 Å². The number of hydrazine groups is 4. The maximum atomic E-state index is 14.9. The first kappa shape index (κ1) is 98.0. The predicted octanol–water partition coefficient (Wildman–Crippen LogP) is -1.35. The third-order valence-electron chi connectivity index (χ3n) is 17.6. The summed E-state index contributed by atoms with van der Waals surface area (Å²) in [5.41, 5.74) is 15.5. The Kier molecular flexibility index (Phi) is 36.4. The van der Waals surface area contributed by atoms with Gasteiger partial charge in [0.15, 0.2) is 12.6 Å². The van der Waals surface area contributed by atoms with E-state index in [9.17, 15) is 97.7 Å². The number of aliphatic hydroxyl groups is 6. The maximum absolute atomic E-state index is 14.9. The Morgan fingerprint density at radius 3 is 1.55 bits per heavy atom. The lowest BCUT2D eigenvalue weighted by Gasteiger charge is -2.48. The number of alkyl carbamates (subject to hydrolysis) is 1. The van der Waals surface area contributed by atoms with Crippen molar-refractivity contribution in [3.63, 3.8) is 0 Å². The molecule has 6 aromatic rings. The van der Waals surface area contributed by atoms with Crippen molar-refractivity contribution in [2.75, 3.05) is 13.2 Å². The number of benzene rings is 4. The average molecular weight is 1740 g/mol. The van der Waals surface area contributed by atoms with Crippen LogP contribution in [0.5, 0.6) is 0 Å². The molecule has 4 heterocycles. The number of carboxylic acids is 4. The molecule has 664 valence electrons. The number of aliphatic imine (C=N–C) groups is 4. The second kappa shape index (κ2) is 45.0. The number of halogens is 12. The monoisotopic (exact) mass is 1740 g/mol. The summed E-state index contributed by atoms with van der Waals surface area (Å²) in [5.74, 6) is 9.38. The molecular weight excluding hydrogens is 1660 g/mol. The number of aromatic amines is 1. The highest BCUT2D eigenvalue weighted by Crippen LogP contribution is 2.45. The van der Waals surface area contributed by atoms with E-state index in [0.717, 1.165) is 69.6 Å². The van der Waals surface area contributed by atoms with Crippen molar-refractivity contribution < 1.29 is 161 Å². The first-order chi connectivity index (χ1) is 56.9. The van der Waals surface area contributed by atoms with Gasteiger partial charge >= 0.3 is 54.7 Å². The number of ether oxygens (including phenoxy) is 5. The van der Waals surface area contributed by atoms with Gasteiger partial charge in [-0.2, -0.15) is 52.7 Å². The van der Waals surface area contributed by atoms with E-state index in [2.05, 4.69) is 72.9 Å². The van der Waals surface area contributed by atoms with Crippen molar-refractivity contribution in [3.05, 3.63) is 143 Å². The molecule has 1 saturated carbocycles. The number of carboxylic acid groups (broad SMARTS) is 4. The third kappa shape index (κ3) is 28.7. The lowest BCUT2D eigenvalue weighted by Crippen LogP contribution is -2.65. The van der Waals surface area contributed by atoms with E-state index in [1.54, 1.807) is 6.20 Å². The minimum absolute atomic E-state index is 0.0514. The van der Waals surface area contributed by atoms with Crippen LogP contribution in [0.4, 0.5) is 57.5 Å². The van der Waals surface area contributed by atoms with E-state index in [1.807, 2.05) is 103 Å². The molecule has 121 heavy (non-hydrogen) atoms. The molecule has 53 heteroatoms. The molecule has 0 spiro atoms. The van der Waals surface area contributed by atoms with Gasteiger partial charge in [0, 0.05) is 48.6 Å². The fourth-order valence-corrected chi connectivity index (χ4v) is 12.1. The number of carbonyl (C=O) groups excluding carboxylic acids is 3. The highest BCUT2D eigenvalue weighted by molar-refractivity contribution is 5.93. The maximum Gasteiger partial charge on any atom is 0.490 e. The highest BCUT2D eigenvalue weighted by Gasteiger charge is 2.54. The van der Waals surface area contributed by atoms with E-state index in [0.29, 0.717) is 0 Å². The Labute approximate surface area is 672 Å². The van der Waals surface area contributed by atoms with Gasteiger partial charge in [0.25, 0.3) is 0 Å². The van der Waals surface area contributed by atoms with Gasteiger partial charge in [0.2, 0.25) is 11.8 Å². The number of nitrogens with zero attached hydrogens (tertiary/aromatic N) is 7. The van der Waals surface area contributed by atoms with Crippen molar-refractivity contribution >= 4 is 78.0 Å². The fraction of sp³-hybridized carbons (Fsp3) is 0.426. The summed E-state index contributed by atoms with van der Waals surface area (Å²) in [6, 6.07) is 26.3. The molecule has 2 aliphatic carbocycles. The number of hydrogen-bond donors (Lipinski definition) is 22. The Hall–Kier alpha value is -11.9. The number of fused-ring (bicyclic) bond motifs is 4. The zero-order valence-corrected chi connectivity index (χ0v) is 62.0. The molecule has 41 nitrogen and oxygen atoms in total. The molecule has 3 amide bonds. The second-order valence-electron chi connectivity index (χ2n) is 25.8. The van der Waals surface area contributed by atoms with Crippen LogP contribution in [0.15, 0.2) is 135 Å². The van der Waals surface area contributed by atoms with Crippen LogP contribution in [-0.4, -0.2) is 280 Å². The summed E-state index contributed by atoms with van der Waals surface area (Å²) in [6.07, 6.45) is -33.6. The van der Waals surface area contributed by atoms with E-state index in [4.69, 9.17) is 86.7 Å². The van der Waals surface area contributed by atoms with Gasteiger partial charge in [-0.05, 0) is 45.9 Å². The Morgan fingerprint density at radius 2 is 1.02 bits per heavy atom. The molecule has 2 saturated heterocycles. The SMILES string of the molecule is NNC=NC[C@@H]1O[C@@H](O[C@H]2[C@H](O)[C@@H](O[C@H]3O[C@H](Cn4cc(CC(NC(=O)OCC5c6ccccc6-c6ccccc65)C(=O)NC(Cc5c[nH]c6ccccc56)C(=O)NCc5ccccc5)nn4)[C@@H](O)[C@@H](N=CNN)[C@H]3O)[C@@H](N=CNN)C[C@@H]2N=CNN)[C@@H](O)[C@H](O)[C@H]1O.O=C(O)C(F)(F)F.O=C(O)C(F)(F)F.O=C(O)C(F)(F)F.O=C(O)C(F)(F)F. The van der Waals surface area contributed by atoms with Crippen LogP contribution in [-0.2, 0) is 78.4 Å². The number of carbonyl (C=O) groups is 7. The Bertz CT molecular complexity index is 4360. The van der Waals surface area contributed by atoms with E-state index < -0.39 is 170 Å². The zero-order chi connectivity index (χ0) is 89.9. The summed E-state index contributed by atoms with van der Waals surface area (Å²) in [6.45, 7) is -0.500. The molecule has 26 N–H and O–H groups in total. The Balaban J connectivity index is 0.000000694. The average Bonchev–Trinajstić information content (AvgIpc) is 1.72. The van der Waals surface area contributed by atoms with Gasteiger partial charge in [-0.25, -0.2) is 52.0 Å². The molecular formula is C68H81F12N19O22. The molecule has 2 unspecified atom stereocenters. The first-order valence-corrected chi connectivity index (χ1v) is 34.9. The van der Waals surface area contributed by atoms with Crippen molar-refractivity contribution in [2.45, 2.75) is 167 Å². The summed E-state index contributed by atoms with van der Waals surface area (Å²) in [5, 5.41) is 115. The van der Waals surface area contributed by atoms with Gasteiger partial charge in [-0.3, -0.25) is 29.6 Å². The van der Waals surface area contributed by atoms with Gasteiger partial charge in [0.05, 0.1) is 56.2 Å². The summed E-state index contributed by atoms with van der Waals surface area (Å²) >= 11 is 0. The van der Waals surface area contributed by atoms with Gasteiger partial charge in [0.1, 0.15) is 85.8 Å². The highest BCUT2D eigenvalue weighted by atomic mass is 19.4. The number of alkyl halides is 12. The minimum Gasteiger partial charge on any atom is -0.475 e. The van der Waals surface area contributed by atoms with Crippen molar-refractivity contribution in [1.29, 1.82) is 0 Å². The van der Waals surface area contributed by atoms with Crippen LogP contribution in [0.25, 0.3) is 22.0 Å². The molecule has 17 atom stereocenters. The van der Waals surface area contributed by atoms with Crippen molar-refractivity contribution in [2.24, 2.45) is 43.3 Å². The molecule has 4 aromatic carbocycles. The van der Waals surface area contributed by atoms with Crippen LogP contribution >= 0.6 is 0 Å². The number of nitrogens with one attached hydrogen (secondary N) is 8. The molecule has 0 bridgehead atoms. The first-order valence-electron chi connectivity index (χ1n) is 34.9. The number of aliphatic hydroxyl groups excluding tert-OH is 6. The fourth-order valence-electron chi connectivity index (χ4n) is 12.1. The van der Waals surface area contributed by atoms with Crippen LogP contribution in [0.1, 0.15) is 40.3 Å². The quantitative estimate of drug-likeness (QED) is 0.00932. The third-order valence-corrected chi connectivity index (χ3v) is 17.6. The normalized spacial score (nSPS) is 24.0. The number of hydrogen-bond acceptors (Lipinski definition) is 28. The van der Waals surface area contributed by atoms with Gasteiger partial charge in [-0.15, -0.1) is 5.10 Å². The van der Waals surface area contributed by atoms with E-state index in [-0.39, 0.29) is 57.1 Å².